The zero-order valence-electron chi connectivity index (χ0n) is 37.9. The van der Waals surface area contributed by atoms with Gasteiger partial charge in [0.15, 0.2) is 0 Å². The third-order valence-corrected chi connectivity index (χ3v) is 12.0. The van der Waals surface area contributed by atoms with Crippen LogP contribution < -0.4 is 5.32 Å². The van der Waals surface area contributed by atoms with Gasteiger partial charge in [0.1, 0.15) is 13.2 Å². The molecule has 0 aromatic heterocycles. The van der Waals surface area contributed by atoms with E-state index >= 15 is 0 Å². The Labute approximate surface area is 348 Å². The maximum Gasteiger partial charge on any atom is 0.472 e. The molecule has 56 heavy (non-hydrogen) atoms. The van der Waals surface area contributed by atoms with E-state index in [4.69, 9.17) is 9.05 Å². The van der Waals surface area contributed by atoms with Gasteiger partial charge in [-0.1, -0.05) is 219 Å². The van der Waals surface area contributed by atoms with Crippen LogP contribution in [0.1, 0.15) is 232 Å². The topological polar surface area (TPSA) is 105 Å². The predicted octanol–water partition coefficient (Wildman–Crippen LogP) is 13.5. The van der Waals surface area contributed by atoms with Crippen LogP contribution in [0.3, 0.4) is 0 Å². The maximum absolute atomic E-state index is 12.8. The molecule has 0 aliphatic heterocycles. The fourth-order valence-electron chi connectivity index (χ4n) is 7.16. The molecular formula is C47H96N2O6P+. The number of unbranched alkanes of at least 4 members (excludes halogenated alkanes) is 31. The number of likely N-dealkylation sites (N-methyl/N-ethyl adjacent to an activating group) is 1. The number of hydrogen-bond acceptors (Lipinski definition) is 5. The molecule has 0 aromatic carbocycles. The van der Waals surface area contributed by atoms with Crippen LogP contribution in [-0.2, 0) is 18.4 Å². The van der Waals surface area contributed by atoms with E-state index < -0.39 is 20.0 Å². The fourth-order valence-corrected chi connectivity index (χ4v) is 7.90. The predicted molar refractivity (Wildman–Crippen MR) is 240 cm³/mol. The largest absolute Gasteiger partial charge is 0.472 e. The van der Waals surface area contributed by atoms with Crippen LogP contribution in [0.4, 0.5) is 0 Å². The van der Waals surface area contributed by atoms with E-state index in [0.29, 0.717) is 17.4 Å². The number of amides is 1. The van der Waals surface area contributed by atoms with E-state index in [0.717, 1.165) is 38.5 Å². The number of nitrogens with one attached hydrogen (secondary N) is 1. The number of allylic oxidation sites excluding steroid dienone is 1. The lowest BCUT2D eigenvalue weighted by atomic mass is 10.0. The number of nitrogens with zero attached hydrogens (tertiary/aromatic N) is 1. The van der Waals surface area contributed by atoms with E-state index in [1.165, 1.54) is 173 Å². The Morgan fingerprint density at radius 3 is 1.32 bits per heavy atom. The first-order valence-corrected chi connectivity index (χ1v) is 25.6. The third kappa shape index (κ3) is 41.4. The average molecular weight is 816 g/mol. The smallest absolute Gasteiger partial charge is 0.387 e. The molecule has 0 bridgehead atoms. The minimum atomic E-state index is -4.32. The molecule has 334 valence electrons. The van der Waals surface area contributed by atoms with Crippen molar-refractivity contribution in [2.75, 3.05) is 40.9 Å². The average Bonchev–Trinajstić information content (AvgIpc) is 3.15. The maximum atomic E-state index is 12.8. The van der Waals surface area contributed by atoms with Gasteiger partial charge in [-0.05, 0) is 19.3 Å². The van der Waals surface area contributed by atoms with Gasteiger partial charge in [-0.25, -0.2) is 4.57 Å². The second kappa shape index (κ2) is 39.7. The Morgan fingerprint density at radius 1 is 0.589 bits per heavy atom. The van der Waals surface area contributed by atoms with Crippen LogP contribution in [0, 0.1) is 0 Å². The second-order valence-corrected chi connectivity index (χ2v) is 19.3. The molecule has 1 amide bonds. The van der Waals surface area contributed by atoms with Gasteiger partial charge in [-0.15, -0.1) is 0 Å². The molecule has 9 heteroatoms. The molecule has 0 aliphatic rings. The molecule has 3 N–H and O–H groups in total. The Kier molecular flexibility index (Phi) is 39.1. The highest BCUT2D eigenvalue weighted by Gasteiger charge is 2.27. The highest BCUT2D eigenvalue weighted by Crippen LogP contribution is 2.43. The molecule has 0 saturated heterocycles. The highest BCUT2D eigenvalue weighted by atomic mass is 31.2. The van der Waals surface area contributed by atoms with Crippen molar-refractivity contribution in [3.63, 3.8) is 0 Å². The van der Waals surface area contributed by atoms with Gasteiger partial charge in [0.05, 0.1) is 39.9 Å². The molecule has 0 heterocycles. The van der Waals surface area contributed by atoms with Gasteiger partial charge >= 0.3 is 7.82 Å². The van der Waals surface area contributed by atoms with Crippen LogP contribution in [-0.4, -0.2) is 73.4 Å². The van der Waals surface area contributed by atoms with Gasteiger partial charge in [0.25, 0.3) is 0 Å². The standard InChI is InChI=1S/C47H95N2O6P/c1-6-8-10-12-14-15-16-17-18-19-20-21-22-23-24-25-26-27-28-29-30-31-32-33-35-37-39-41-47(51)48-45(46(50)40-38-36-34-13-11-9-7-2)44-55-56(52,53)54-43-42-49(3,4)5/h38,40,45-46,50H,6-37,39,41-44H2,1-5H3,(H-,48,51,52,53)/p+1/b40-38+. The molecule has 0 aliphatic carbocycles. The van der Waals surface area contributed by atoms with Crippen molar-refractivity contribution >= 4 is 13.7 Å². The molecule has 0 fully saturated rings. The number of aliphatic hydroxyl groups is 1. The summed E-state index contributed by atoms with van der Waals surface area (Å²) in [4.78, 5) is 23.0. The first-order valence-electron chi connectivity index (χ1n) is 24.1. The lowest BCUT2D eigenvalue weighted by Crippen LogP contribution is -2.45. The van der Waals surface area contributed by atoms with Gasteiger partial charge in [0, 0.05) is 6.42 Å². The van der Waals surface area contributed by atoms with Crippen LogP contribution in [0.5, 0.6) is 0 Å². The van der Waals surface area contributed by atoms with E-state index in [1.54, 1.807) is 6.08 Å². The molecule has 0 aromatic rings. The molecule has 0 radical (unpaired) electrons. The van der Waals surface area contributed by atoms with Crippen molar-refractivity contribution in [1.82, 2.24) is 5.32 Å². The van der Waals surface area contributed by atoms with Gasteiger partial charge < -0.3 is 19.8 Å². The van der Waals surface area contributed by atoms with E-state index in [9.17, 15) is 19.4 Å². The number of carbonyl (C=O) groups is 1. The number of aliphatic hydroxyl groups excluding tert-OH is 1. The minimum absolute atomic E-state index is 0.0639. The van der Waals surface area contributed by atoms with Crippen molar-refractivity contribution in [3.05, 3.63) is 12.2 Å². The summed E-state index contributed by atoms with van der Waals surface area (Å²) in [6.07, 6.45) is 46.1. The lowest BCUT2D eigenvalue weighted by molar-refractivity contribution is -0.870. The quantitative estimate of drug-likeness (QED) is 0.0245. The van der Waals surface area contributed by atoms with Crippen molar-refractivity contribution in [2.45, 2.75) is 244 Å². The highest BCUT2D eigenvalue weighted by molar-refractivity contribution is 7.47. The molecule has 0 saturated carbocycles. The summed E-state index contributed by atoms with van der Waals surface area (Å²) in [5, 5.41) is 13.7. The van der Waals surface area contributed by atoms with Crippen LogP contribution in [0.25, 0.3) is 0 Å². The number of phosphoric ester groups is 1. The van der Waals surface area contributed by atoms with Crippen LogP contribution >= 0.6 is 7.82 Å². The summed E-state index contributed by atoms with van der Waals surface area (Å²) in [5.74, 6) is -0.177. The molecule has 8 nitrogen and oxygen atoms in total. The number of phosphoric acid groups is 1. The summed E-state index contributed by atoms with van der Waals surface area (Å²) in [6, 6.07) is -0.838. The third-order valence-electron chi connectivity index (χ3n) is 11.0. The molecule has 0 rings (SSSR count). The molecule has 0 spiro atoms. The Morgan fingerprint density at radius 2 is 0.946 bits per heavy atom. The zero-order chi connectivity index (χ0) is 41.4. The van der Waals surface area contributed by atoms with E-state index in [1.807, 2.05) is 27.2 Å². The summed E-state index contributed by atoms with van der Waals surface area (Å²) in [7, 11) is 1.58. The molecule has 3 unspecified atom stereocenters. The van der Waals surface area contributed by atoms with E-state index in [-0.39, 0.29) is 19.1 Å². The summed E-state index contributed by atoms with van der Waals surface area (Å²) < 4.78 is 23.4. The van der Waals surface area contributed by atoms with Crippen molar-refractivity contribution < 1.29 is 32.9 Å². The first-order chi connectivity index (χ1) is 27.0. The summed E-state index contributed by atoms with van der Waals surface area (Å²) >= 11 is 0. The number of carbonyl (C=O) groups excluding carboxylic acids is 1. The Balaban J connectivity index is 3.96. The SMILES string of the molecule is CCCCCCC/C=C/C(O)C(COP(=O)(O)OCC[N+](C)(C)C)NC(=O)CCCCCCCCCCCCCCCCCCCCCCCCCCCCC. The normalized spacial score (nSPS) is 14.3. The first kappa shape index (κ1) is 55.2. The number of quaternary nitrogens is 1. The molecule has 3 atom stereocenters. The monoisotopic (exact) mass is 816 g/mol. The Bertz CT molecular complexity index is 927. The van der Waals surface area contributed by atoms with Crippen LogP contribution in [0.2, 0.25) is 0 Å². The van der Waals surface area contributed by atoms with Crippen LogP contribution in [0.15, 0.2) is 12.2 Å². The fraction of sp³-hybridized carbons (Fsp3) is 0.936. The van der Waals surface area contributed by atoms with Crippen molar-refractivity contribution in [3.8, 4) is 0 Å². The second-order valence-electron chi connectivity index (χ2n) is 17.8. The molecular weight excluding hydrogens is 719 g/mol. The number of hydrogen-bond donors (Lipinski definition) is 3. The van der Waals surface area contributed by atoms with E-state index in [2.05, 4.69) is 19.2 Å². The zero-order valence-corrected chi connectivity index (χ0v) is 38.8. The lowest BCUT2D eigenvalue weighted by Gasteiger charge is -2.25. The Hall–Kier alpha value is -0.760. The van der Waals surface area contributed by atoms with Gasteiger partial charge in [0.2, 0.25) is 5.91 Å². The number of rotatable bonds is 44. The van der Waals surface area contributed by atoms with Gasteiger partial charge in [-0.3, -0.25) is 13.8 Å². The van der Waals surface area contributed by atoms with Crippen molar-refractivity contribution in [1.29, 1.82) is 0 Å². The summed E-state index contributed by atoms with van der Waals surface area (Å²) in [6.45, 7) is 4.77. The van der Waals surface area contributed by atoms with Gasteiger partial charge in [-0.2, -0.15) is 0 Å². The van der Waals surface area contributed by atoms with Crippen molar-refractivity contribution in [2.24, 2.45) is 0 Å². The minimum Gasteiger partial charge on any atom is -0.387 e. The summed E-state index contributed by atoms with van der Waals surface area (Å²) in [5.41, 5.74) is 0.